The third-order valence-electron chi connectivity index (χ3n) is 4.50. The van der Waals surface area contributed by atoms with Crippen molar-refractivity contribution in [1.29, 1.82) is 0 Å². The fraction of sp³-hybridized carbons (Fsp3) is 0.562. The molecule has 0 amide bonds. The average Bonchev–Trinajstić information content (AvgIpc) is 2.49. The number of anilines is 2. The van der Waals surface area contributed by atoms with E-state index in [1.54, 1.807) is 6.07 Å². The van der Waals surface area contributed by atoms with E-state index >= 15 is 0 Å². The van der Waals surface area contributed by atoms with Crippen molar-refractivity contribution in [3.63, 3.8) is 0 Å². The second-order valence-electron chi connectivity index (χ2n) is 5.81. The van der Waals surface area contributed by atoms with E-state index in [9.17, 15) is 9.90 Å². The number of rotatable bonds is 4. The summed E-state index contributed by atoms with van der Waals surface area (Å²) in [4.78, 5) is 16.0. The molecule has 1 heterocycles. The molecule has 1 atom stereocenters. The van der Waals surface area contributed by atoms with Crippen molar-refractivity contribution in [3.8, 4) is 0 Å². The lowest BCUT2D eigenvalue weighted by Gasteiger charge is -2.39. The van der Waals surface area contributed by atoms with Gasteiger partial charge >= 0.3 is 5.97 Å². The molecule has 116 valence electrons. The number of carboxylic acid groups (broad SMARTS) is 1. The summed E-state index contributed by atoms with van der Waals surface area (Å²) in [6.45, 7) is 10.2. The fourth-order valence-electron chi connectivity index (χ4n) is 2.82. The van der Waals surface area contributed by atoms with E-state index in [-0.39, 0.29) is 5.56 Å². The predicted octanol–water partition coefficient (Wildman–Crippen LogP) is 2.20. The number of hydrogen-bond acceptors (Lipinski definition) is 4. The monoisotopic (exact) mass is 291 g/mol. The summed E-state index contributed by atoms with van der Waals surface area (Å²) in [6.07, 6.45) is 1.16. The van der Waals surface area contributed by atoms with Gasteiger partial charge in [-0.25, -0.2) is 4.79 Å². The first kappa shape index (κ1) is 15.6. The van der Waals surface area contributed by atoms with Crippen LogP contribution in [0.5, 0.6) is 0 Å². The van der Waals surface area contributed by atoms with Crippen LogP contribution in [0, 0.1) is 6.92 Å². The van der Waals surface area contributed by atoms with Crippen molar-refractivity contribution in [2.24, 2.45) is 0 Å². The highest BCUT2D eigenvalue weighted by atomic mass is 16.4. The lowest BCUT2D eigenvalue weighted by Crippen LogP contribution is -2.49. The summed E-state index contributed by atoms with van der Waals surface area (Å²) in [5.41, 5.74) is 8.21. The van der Waals surface area contributed by atoms with Crippen LogP contribution in [-0.2, 0) is 0 Å². The van der Waals surface area contributed by atoms with Crippen molar-refractivity contribution in [1.82, 2.24) is 4.90 Å². The van der Waals surface area contributed by atoms with Gasteiger partial charge in [0.15, 0.2) is 0 Å². The van der Waals surface area contributed by atoms with Crippen LogP contribution in [0.3, 0.4) is 0 Å². The fourth-order valence-corrected chi connectivity index (χ4v) is 2.82. The second-order valence-corrected chi connectivity index (χ2v) is 5.81. The Bertz CT molecular complexity index is 522. The number of nitrogens with two attached hydrogens (primary N) is 1. The van der Waals surface area contributed by atoms with Crippen molar-refractivity contribution in [2.75, 3.05) is 36.8 Å². The van der Waals surface area contributed by atoms with E-state index in [4.69, 9.17) is 5.73 Å². The Labute approximate surface area is 126 Å². The van der Waals surface area contributed by atoms with Gasteiger partial charge < -0.3 is 15.7 Å². The largest absolute Gasteiger partial charge is 0.478 e. The molecule has 21 heavy (non-hydrogen) atoms. The summed E-state index contributed by atoms with van der Waals surface area (Å²) in [5.74, 6) is -0.962. The topological polar surface area (TPSA) is 69.8 Å². The van der Waals surface area contributed by atoms with Crippen LogP contribution < -0.4 is 10.6 Å². The Morgan fingerprint density at radius 1 is 1.33 bits per heavy atom. The van der Waals surface area contributed by atoms with E-state index in [1.165, 1.54) is 0 Å². The maximum atomic E-state index is 11.3. The highest BCUT2D eigenvalue weighted by Crippen LogP contribution is 2.26. The number of aryl methyl sites for hydroxylation is 1. The lowest BCUT2D eigenvalue weighted by molar-refractivity contribution is 0.0698. The number of nitrogens with zero attached hydrogens (tertiary/aromatic N) is 2. The van der Waals surface area contributed by atoms with Crippen LogP contribution in [0.15, 0.2) is 12.1 Å². The summed E-state index contributed by atoms with van der Waals surface area (Å²) in [6, 6.07) is 4.29. The van der Waals surface area contributed by atoms with Gasteiger partial charge in [0.25, 0.3) is 0 Å². The summed E-state index contributed by atoms with van der Waals surface area (Å²) in [5, 5.41) is 9.25. The predicted molar refractivity (Wildman–Crippen MR) is 86.1 cm³/mol. The minimum Gasteiger partial charge on any atom is -0.478 e. The van der Waals surface area contributed by atoms with E-state index < -0.39 is 5.97 Å². The first-order chi connectivity index (χ1) is 9.93. The van der Waals surface area contributed by atoms with Gasteiger partial charge in [-0.05, 0) is 38.0 Å². The maximum Gasteiger partial charge on any atom is 0.337 e. The van der Waals surface area contributed by atoms with Gasteiger partial charge in [-0.15, -0.1) is 0 Å². The van der Waals surface area contributed by atoms with Crippen LogP contribution >= 0.6 is 0 Å². The molecule has 0 aliphatic carbocycles. The standard InChI is InChI=1S/C16H25N3O2/c1-4-12(3)18-5-7-19(8-6-18)13-9-11(2)15(17)14(10-13)16(20)21/h9-10,12H,4-8,17H2,1-3H3,(H,20,21). The number of carbonyl (C=O) groups is 1. The zero-order valence-electron chi connectivity index (χ0n) is 13.1. The van der Waals surface area contributed by atoms with Gasteiger partial charge in [-0.2, -0.15) is 0 Å². The number of piperazine rings is 1. The molecular formula is C16H25N3O2. The molecule has 0 radical (unpaired) electrons. The van der Waals surface area contributed by atoms with Crippen molar-refractivity contribution in [3.05, 3.63) is 23.3 Å². The number of aromatic carboxylic acids is 1. The molecule has 0 saturated carbocycles. The minimum absolute atomic E-state index is 0.203. The Balaban J connectivity index is 2.15. The smallest absolute Gasteiger partial charge is 0.337 e. The lowest BCUT2D eigenvalue weighted by atomic mass is 10.1. The number of nitrogen functional groups attached to an aromatic ring is 1. The van der Waals surface area contributed by atoms with Gasteiger partial charge in [0.2, 0.25) is 0 Å². The molecular weight excluding hydrogens is 266 g/mol. The highest BCUT2D eigenvalue weighted by Gasteiger charge is 2.22. The first-order valence-corrected chi connectivity index (χ1v) is 7.56. The third-order valence-corrected chi connectivity index (χ3v) is 4.50. The molecule has 1 aromatic carbocycles. The van der Waals surface area contributed by atoms with Gasteiger partial charge in [0, 0.05) is 43.6 Å². The van der Waals surface area contributed by atoms with Crippen LogP contribution in [0.1, 0.15) is 36.2 Å². The number of benzene rings is 1. The molecule has 1 fully saturated rings. The van der Waals surface area contributed by atoms with Gasteiger partial charge in [-0.1, -0.05) is 6.92 Å². The zero-order valence-corrected chi connectivity index (χ0v) is 13.1. The van der Waals surface area contributed by atoms with Crippen molar-refractivity contribution >= 4 is 17.3 Å². The Hall–Kier alpha value is -1.75. The van der Waals surface area contributed by atoms with Crippen LogP contribution in [0.2, 0.25) is 0 Å². The normalized spacial score (nSPS) is 17.8. The van der Waals surface area contributed by atoms with Crippen molar-refractivity contribution < 1.29 is 9.90 Å². The van der Waals surface area contributed by atoms with E-state index in [0.29, 0.717) is 11.7 Å². The highest BCUT2D eigenvalue weighted by molar-refractivity contribution is 5.95. The zero-order chi connectivity index (χ0) is 15.6. The van der Waals surface area contributed by atoms with Crippen LogP contribution in [-0.4, -0.2) is 48.2 Å². The molecule has 0 spiro atoms. The molecule has 2 rings (SSSR count). The summed E-state index contributed by atoms with van der Waals surface area (Å²) < 4.78 is 0. The van der Waals surface area contributed by atoms with Gasteiger partial charge in [-0.3, -0.25) is 4.90 Å². The summed E-state index contributed by atoms with van der Waals surface area (Å²) >= 11 is 0. The Morgan fingerprint density at radius 2 is 1.95 bits per heavy atom. The van der Waals surface area contributed by atoms with E-state index in [0.717, 1.165) is 43.9 Å². The Morgan fingerprint density at radius 3 is 2.48 bits per heavy atom. The average molecular weight is 291 g/mol. The Kier molecular flexibility index (Phi) is 4.73. The molecule has 0 aromatic heterocycles. The molecule has 1 saturated heterocycles. The molecule has 1 aliphatic rings. The third kappa shape index (κ3) is 3.29. The number of hydrogen-bond donors (Lipinski definition) is 2. The molecule has 1 aliphatic heterocycles. The maximum absolute atomic E-state index is 11.3. The molecule has 0 bridgehead atoms. The molecule has 1 unspecified atom stereocenters. The van der Waals surface area contributed by atoms with Crippen molar-refractivity contribution in [2.45, 2.75) is 33.2 Å². The van der Waals surface area contributed by atoms with Gasteiger partial charge in [0.1, 0.15) is 0 Å². The van der Waals surface area contributed by atoms with E-state index in [2.05, 4.69) is 23.6 Å². The van der Waals surface area contributed by atoms with Crippen LogP contribution in [0.4, 0.5) is 11.4 Å². The first-order valence-electron chi connectivity index (χ1n) is 7.56. The minimum atomic E-state index is -0.962. The molecule has 3 N–H and O–H groups in total. The quantitative estimate of drug-likeness (QED) is 0.832. The summed E-state index contributed by atoms with van der Waals surface area (Å²) in [7, 11) is 0. The molecule has 5 nitrogen and oxygen atoms in total. The SMILES string of the molecule is CCC(C)N1CCN(c2cc(C)c(N)c(C(=O)O)c2)CC1. The molecule has 1 aromatic rings. The molecule has 5 heteroatoms. The number of carboxylic acids is 1. The second kappa shape index (κ2) is 6.35. The van der Waals surface area contributed by atoms with E-state index in [1.807, 2.05) is 13.0 Å². The van der Waals surface area contributed by atoms with Crippen LogP contribution in [0.25, 0.3) is 0 Å². The van der Waals surface area contributed by atoms with Gasteiger partial charge in [0.05, 0.1) is 5.56 Å².